The molecule has 6 heteroatoms. The summed E-state index contributed by atoms with van der Waals surface area (Å²) in [6.45, 7) is 1.66. The number of carbonyl (C=O) groups excluding carboxylic acids is 1. The molecule has 0 atom stereocenters. The molecule has 0 unspecified atom stereocenters. The maximum Gasteiger partial charge on any atom is 0.322 e. The molecule has 0 fully saturated rings. The molecule has 3 aromatic rings. The lowest BCUT2D eigenvalue weighted by Gasteiger charge is -2.02. The van der Waals surface area contributed by atoms with Crippen molar-refractivity contribution in [1.82, 2.24) is 15.2 Å². The van der Waals surface area contributed by atoms with Gasteiger partial charge in [-0.1, -0.05) is 17.2 Å². The Balaban J connectivity index is 1.94. The van der Waals surface area contributed by atoms with Crippen molar-refractivity contribution in [1.29, 1.82) is 0 Å². The lowest BCUT2D eigenvalue weighted by molar-refractivity contribution is 0.102. The highest BCUT2D eigenvalue weighted by molar-refractivity contribution is 6.11. The minimum Gasteiger partial charge on any atom is -0.408 e. The molecular formula is C12H10N4O2. The number of para-hydroxylation sites is 1. The van der Waals surface area contributed by atoms with Gasteiger partial charge in [0, 0.05) is 18.5 Å². The van der Waals surface area contributed by atoms with Crippen molar-refractivity contribution in [2.24, 2.45) is 0 Å². The first kappa shape index (κ1) is 10.5. The largest absolute Gasteiger partial charge is 0.408 e. The Morgan fingerprint density at radius 1 is 1.33 bits per heavy atom. The smallest absolute Gasteiger partial charge is 0.322 e. The minimum absolute atomic E-state index is 0.0982. The third kappa shape index (κ3) is 1.73. The van der Waals surface area contributed by atoms with Crippen molar-refractivity contribution < 1.29 is 9.21 Å². The van der Waals surface area contributed by atoms with Gasteiger partial charge in [-0.15, -0.1) is 5.10 Å². The molecule has 0 saturated heterocycles. The van der Waals surface area contributed by atoms with Crippen LogP contribution < -0.4 is 5.32 Å². The van der Waals surface area contributed by atoms with Crippen LogP contribution >= 0.6 is 0 Å². The zero-order valence-corrected chi connectivity index (χ0v) is 9.60. The van der Waals surface area contributed by atoms with Crippen LogP contribution in [0.3, 0.4) is 0 Å². The Hall–Kier alpha value is -2.63. The molecule has 1 aromatic carbocycles. The number of hydrogen-bond donors (Lipinski definition) is 2. The van der Waals surface area contributed by atoms with Crippen molar-refractivity contribution in [2.75, 3.05) is 5.32 Å². The van der Waals surface area contributed by atoms with E-state index in [0.717, 1.165) is 10.9 Å². The van der Waals surface area contributed by atoms with Gasteiger partial charge >= 0.3 is 6.01 Å². The number of anilines is 1. The van der Waals surface area contributed by atoms with E-state index in [1.807, 2.05) is 18.2 Å². The average molecular weight is 242 g/mol. The number of aryl methyl sites for hydroxylation is 1. The quantitative estimate of drug-likeness (QED) is 0.720. The summed E-state index contributed by atoms with van der Waals surface area (Å²) in [6, 6.07) is 7.49. The second kappa shape index (κ2) is 3.99. The van der Waals surface area contributed by atoms with Crippen molar-refractivity contribution in [2.45, 2.75) is 6.92 Å². The Kier molecular flexibility index (Phi) is 2.33. The maximum atomic E-state index is 12.1. The number of nitrogens with one attached hydrogen (secondary N) is 2. The van der Waals surface area contributed by atoms with Crippen LogP contribution in [0.5, 0.6) is 0 Å². The van der Waals surface area contributed by atoms with Gasteiger partial charge in [-0.05, 0) is 12.1 Å². The van der Waals surface area contributed by atoms with Gasteiger partial charge < -0.3 is 9.40 Å². The lowest BCUT2D eigenvalue weighted by Crippen LogP contribution is -2.12. The topological polar surface area (TPSA) is 83.8 Å². The highest BCUT2D eigenvalue weighted by Crippen LogP contribution is 2.18. The molecule has 0 saturated carbocycles. The summed E-state index contributed by atoms with van der Waals surface area (Å²) in [5.41, 5.74) is 1.32. The summed E-state index contributed by atoms with van der Waals surface area (Å²) in [6.07, 6.45) is 1.79. The predicted molar refractivity (Wildman–Crippen MR) is 65.3 cm³/mol. The van der Waals surface area contributed by atoms with E-state index in [4.69, 9.17) is 4.42 Å². The maximum absolute atomic E-state index is 12.1. The van der Waals surface area contributed by atoms with Gasteiger partial charge in [-0.25, -0.2) is 0 Å². The second-order valence-corrected chi connectivity index (χ2v) is 3.83. The first-order valence-electron chi connectivity index (χ1n) is 5.41. The van der Waals surface area contributed by atoms with Crippen molar-refractivity contribution in [3.05, 3.63) is 41.9 Å². The third-order valence-electron chi connectivity index (χ3n) is 2.58. The van der Waals surface area contributed by atoms with Crippen LogP contribution in [0.4, 0.5) is 6.01 Å². The van der Waals surface area contributed by atoms with Crippen LogP contribution in [-0.2, 0) is 0 Å². The number of H-pyrrole nitrogens is 1. The molecule has 0 radical (unpaired) electrons. The van der Waals surface area contributed by atoms with E-state index in [-0.39, 0.29) is 11.9 Å². The number of carbonyl (C=O) groups is 1. The van der Waals surface area contributed by atoms with Crippen LogP contribution in [0.15, 0.2) is 34.9 Å². The zero-order valence-electron chi connectivity index (χ0n) is 9.60. The summed E-state index contributed by atoms with van der Waals surface area (Å²) < 4.78 is 5.10. The van der Waals surface area contributed by atoms with E-state index in [1.165, 1.54) is 0 Å². The van der Waals surface area contributed by atoms with Gasteiger partial charge in [0.1, 0.15) is 0 Å². The third-order valence-corrected chi connectivity index (χ3v) is 2.58. The molecule has 2 aromatic heterocycles. The number of rotatable bonds is 2. The number of fused-ring (bicyclic) bond motifs is 1. The summed E-state index contributed by atoms with van der Waals surface area (Å²) in [5, 5.41) is 10.9. The molecule has 6 nitrogen and oxygen atoms in total. The normalized spacial score (nSPS) is 10.7. The Morgan fingerprint density at radius 3 is 3.00 bits per heavy atom. The Bertz CT molecular complexity index is 714. The minimum atomic E-state index is -0.285. The average Bonchev–Trinajstić information content (AvgIpc) is 2.97. The highest BCUT2D eigenvalue weighted by atomic mass is 16.4. The molecule has 0 spiro atoms. The molecule has 2 heterocycles. The molecule has 18 heavy (non-hydrogen) atoms. The van der Waals surface area contributed by atoms with Crippen LogP contribution in [0.1, 0.15) is 16.2 Å². The first-order valence-corrected chi connectivity index (χ1v) is 5.41. The van der Waals surface area contributed by atoms with E-state index < -0.39 is 0 Å². The molecule has 0 aliphatic heterocycles. The number of benzene rings is 1. The summed E-state index contributed by atoms with van der Waals surface area (Å²) >= 11 is 0. The monoisotopic (exact) mass is 242 g/mol. The fourth-order valence-electron chi connectivity index (χ4n) is 1.79. The summed E-state index contributed by atoms with van der Waals surface area (Å²) in [4.78, 5) is 15.1. The van der Waals surface area contributed by atoms with Gasteiger partial charge in [0.2, 0.25) is 5.89 Å². The number of aromatic amines is 1. The van der Waals surface area contributed by atoms with E-state index >= 15 is 0 Å². The molecular weight excluding hydrogens is 232 g/mol. The molecule has 0 aliphatic rings. The summed E-state index contributed by atoms with van der Waals surface area (Å²) in [7, 11) is 0. The van der Waals surface area contributed by atoms with Gasteiger partial charge in [-0.3, -0.25) is 10.1 Å². The fraction of sp³-hybridized carbons (Fsp3) is 0.0833. The SMILES string of the molecule is Cc1nnc(NC(=O)c2cccc3cc[nH]c23)o1. The second-order valence-electron chi connectivity index (χ2n) is 3.83. The fourth-order valence-corrected chi connectivity index (χ4v) is 1.79. The van der Waals surface area contributed by atoms with E-state index in [2.05, 4.69) is 20.5 Å². The van der Waals surface area contributed by atoms with Crippen LogP contribution in [-0.4, -0.2) is 21.1 Å². The number of aromatic nitrogens is 3. The number of nitrogens with zero attached hydrogens (tertiary/aromatic N) is 2. The number of hydrogen-bond acceptors (Lipinski definition) is 4. The van der Waals surface area contributed by atoms with Gasteiger partial charge in [0.25, 0.3) is 5.91 Å². The van der Waals surface area contributed by atoms with Crippen LogP contribution in [0, 0.1) is 6.92 Å². The Labute approximate surface area is 102 Å². The first-order chi connectivity index (χ1) is 8.74. The molecule has 90 valence electrons. The highest BCUT2D eigenvalue weighted by Gasteiger charge is 2.13. The van der Waals surface area contributed by atoms with E-state index in [0.29, 0.717) is 11.5 Å². The van der Waals surface area contributed by atoms with Crippen molar-refractivity contribution >= 4 is 22.8 Å². The van der Waals surface area contributed by atoms with Crippen molar-refractivity contribution in [3.8, 4) is 0 Å². The van der Waals surface area contributed by atoms with Gasteiger partial charge in [0.05, 0.1) is 11.1 Å². The predicted octanol–water partition coefficient (Wildman–Crippen LogP) is 2.11. The van der Waals surface area contributed by atoms with Crippen molar-refractivity contribution in [3.63, 3.8) is 0 Å². The Morgan fingerprint density at radius 2 is 2.22 bits per heavy atom. The molecule has 0 bridgehead atoms. The molecule has 0 aliphatic carbocycles. The lowest BCUT2D eigenvalue weighted by atomic mass is 10.1. The van der Waals surface area contributed by atoms with Crippen LogP contribution in [0.25, 0.3) is 10.9 Å². The zero-order chi connectivity index (χ0) is 12.5. The van der Waals surface area contributed by atoms with E-state index in [9.17, 15) is 4.79 Å². The standard InChI is InChI=1S/C12H10N4O2/c1-7-15-16-12(18-7)14-11(17)9-4-2-3-8-5-6-13-10(8)9/h2-6,13H,1H3,(H,14,16,17). The van der Waals surface area contributed by atoms with Gasteiger partial charge in [-0.2, -0.15) is 0 Å². The number of amides is 1. The van der Waals surface area contributed by atoms with Gasteiger partial charge in [0.15, 0.2) is 0 Å². The van der Waals surface area contributed by atoms with Crippen LogP contribution in [0.2, 0.25) is 0 Å². The molecule has 3 rings (SSSR count). The van der Waals surface area contributed by atoms with E-state index in [1.54, 1.807) is 19.2 Å². The summed E-state index contributed by atoms with van der Waals surface area (Å²) in [5.74, 6) is 0.120. The molecule has 2 N–H and O–H groups in total. The molecule has 1 amide bonds.